The van der Waals surface area contributed by atoms with E-state index in [0.29, 0.717) is 17.2 Å². The molecule has 0 spiro atoms. The fraction of sp³-hybridized carbons (Fsp3) is 0.632. The topological polar surface area (TPSA) is 102 Å². The molecule has 1 rings (SSSR count). The van der Waals surface area contributed by atoms with E-state index >= 15 is 0 Å². The van der Waals surface area contributed by atoms with Crippen molar-refractivity contribution in [3.05, 3.63) is 29.8 Å². The molecule has 154 valence electrons. The number of benzene rings is 1. The molecular formula is C19H30NNa2O5PS. The molecule has 1 amide bonds. The van der Waals surface area contributed by atoms with Gasteiger partial charge in [0.1, 0.15) is 0 Å². The van der Waals surface area contributed by atoms with Crippen molar-refractivity contribution in [1.82, 2.24) is 5.32 Å². The number of nitrogens with one attached hydrogen (secondary N) is 1. The Labute approximate surface area is 223 Å². The van der Waals surface area contributed by atoms with Crippen LogP contribution in [0.1, 0.15) is 70.9 Å². The zero-order valence-electron chi connectivity index (χ0n) is 18.3. The van der Waals surface area contributed by atoms with Gasteiger partial charge in [-0.25, -0.2) is 0 Å². The molecule has 0 saturated heterocycles. The van der Waals surface area contributed by atoms with Crippen molar-refractivity contribution in [1.29, 1.82) is 0 Å². The monoisotopic (exact) mass is 461 g/mol. The van der Waals surface area contributed by atoms with Gasteiger partial charge in [0.25, 0.3) is 0 Å². The molecular weight excluding hydrogens is 431 g/mol. The van der Waals surface area contributed by atoms with E-state index in [-0.39, 0.29) is 65.0 Å². The Morgan fingerprint density at radius 3 is 2.41 bits per heavy atom. The van der Waals surface area contributed by atoms with E-state index in [4.69, 9.17) is 0 Å². The Morgan fingerprint density at radius 1 is 1.17 bits per heavy atom. The number of amides is 1. The molecule has 0 aliphatic carbocycles. The third-order valence-corrected chi connectivity index (χ3v) is 5.34. The second-order valence-corrected chi connectivity index (χ2v) is 9.57. The fourth-order valence-corrected chi connectivity index (χ4v) is 3.86. The van der Waals surface area contributed by atoms with E-state index in [0.717, 1.165) is 37.0 Å². The van der Waals surface area contributed by atoms with Crippen molar-refractivity contribution >= 4 is 25.5 Å². The number of phosphoric ester groups is 1. The molecule has 1 unspecified atom stereocenters. The van der Waals surface area contributed by atoms with E-state index in [1.165, 1.54) is 0 Å². The molecule has 10 heteroatoms. The van der Waals surface area contributed by atoms with Crippen molar-refractivity contribution in [3.8, 4) is 0 Å². The molecule has 1 aromatic rings. The van der Waals surface area contributed by atoms with Gasteiger partial charge in [0.05, 0.1) is 20.5 Å². The van der Waals surface area contributed by atoms with Gasteiger partial charge in [-0.2, -0.15) is 0 Å². The first-order valence-electron chi connectivity index (χ1n) is 9.44. The van der Waals surface area contributed by atoms with Crippen LogP contribution in [-0.2, 0) is 13.9 Å². The van der Waals surface area contributed by atoms with Crippen molar-refractivity contribution < 1.29 is 82.8 Å². The van der Waals surface area contributed by atoms with Gasteiger partial charge in [0.15, 0.2) is 0 Å². The summed E-state index contributed by atoms with van der Waals surface area (Å²) in [6.45, 7) is 5.88. The summed E-state index contributed by atoms with van der Waals surface area (Å²) in [4.78, 5) is 35.0. The molecule has 1 aromatic carbocycles. The van der Waals surface area contributed by atoms with Gasteiger partial charge >= 0.3 is 59.1 Å². The quantitative estimate of drug-likeness (QED) is 0.152. The third kappa shape index (κ3) is 16.4. The Morgan fingerprint density at radius 2 is 1.83 bits per heavy atom. The molecule has 0 heterocycles. The van der Waals surface area contributed by atoms with E-state index in [1.54, 1.807) is 17.8 Å². The van der Waals surface area contributed by atoms with Crippen molar-refractivity contribution in [2.24, 2.45) is 0 Å². The van der Waals surface area contributed by atoms with Crippen LogP contribution in [0.5, 0.6) is 0 Å². The minimum Gasteiger partial charge on any atom is -0.790 e. The average Bonchev–Trinajstić information content (AvgIpc) is 2.57. The van der Waals surface area contributed by atoms with Crippen molar-refractivity contribution in [2.45, 2.75) is 75.5 Å². The third-order valence-electron chi connectivity index (χ3n) is 3.87. The van der Waals surface area contributed by atoms with Gasteiger partial charge in [-0.3, -0.25) is 4.79 Å². The van der Waals surface area contributed by atoms with Crippen LogP contribution < -0.4 is 74.2 Å². The van der Waals surface area contributed by atoms with E-state index in [9.17, 15) is 19.1 Å². The Balaban J connectivity index is 0. The van der Waals surface area contributed by atoms with Gasteiger partial charge < -0.3 is 24.2 Å². The second kappa shape index (κ2) is 17.7. The summed E-state index contributed by atoms with van der Waals surface area (Å²) in [6.07, 6.45) is 5.53. The molecule has 0 radical (unpaired) electrons. The van der Waals surface area contributed by atoms with Crippen molar-refractivity contribution in [2.75, 3.05) is 6.61 Å². The second-order valence-electron chi connectivity index (χ2n) is 6.77. The van der Waals surface area contributed by atoms with E-state index in [1.807, 2.05) is 18.2 Å². The number of phosphoric acid groups is 1. The first-order valence-corrected chi connectivity index (χ1v) is 11.8. The van der Waals surface area contributed by atoms with E-state index in [2.05, 4.69) is 30.6 Å². The smallest absolute Gasteiger partial charge is 0.790 e. The Hall–Kier alpha value is 1.15. The zero-order chi connectivity index (χ0) is 20.3. The van der Waals surface area contributed by atoms with Crippen LogP contribution in [0.3, 0.4) is 0 Å². The summed E-state index contributed by atoms with van der Waals surface area (Å²) in [7, 11) is -5.11. The maximum atomic E-state index is 12.2. The largest absolute Gasteiger partial charge is 1.00 e. The predicted octanol–water partition coefficient (Wildman–Crippen LogP) is -2.44. The predicted molar refractivity (Wildman–Crippen MR) is 105 cm³/mol. The molecule has 0 fully saturated rings. The Kier molecular flexibility index (Phi) is 19.7. The Bertz CT molecular complexity index is 630. The number of thioether (sulfide) groups is 1. The van der Waals surface area contributed by atoms with Crippen LogP contribution >= 0.6 is 19.6 Å². The summed E-state index contributed by atoms with van der Waals surface area (Å²) >= 11 is 1.66. The minimum absolute atomic E-state index is 0. The van der Waals surface area contributed by atoms with Gasteiger partial charge in [-0.1, -0.05) is 58.6 Å². The van der Waals surface area contributed by atoms with Gasteiger partial charge in [0, 0.05) is 16.6 Å². The number of unbranched alkanes of at least 4 members (excludes halogenated alkanes) is 4. The molecule has 0 aromatic heterocycles. The summed E-state index contributed by atoms with van der Waals surface area (Å²) in [5.74, 6) is -0.173. The summed E-state index contributed by atoms with van der Waals surface area (Å²) in [5, 5.41) is 3.19. The van der Waals surface area contributed by atoms with Crippen molar-refractivity contribution in [3.63, 3.8) is 0 Å². The number of carbonyl (C=O) groups excluding carboxylic acids is 1. The molecule has 1 N–H and O–H groups in total. The van der Waals surface area contributed by atoms with Crippen LogP contribution in [0.15, 0.2) is 29.2 Å². The molecule has 0 bridgehead atoms. The van der Waals surface area contributed by atoms with Gasteiger partial charge in [-0.15, -0.1) is 11.8 Å². The molecule has 0 saturated carbocycles. The summed E-state index contributed by atoms with van der Waals surface area (Å²) < 4.78 is 15.3. The number of rotatable bonds is 13. The molecule has 0 aliphatic rings. The van der Waals surface area contributed by atoms with Gasteiger partial charge in [0.2, 0.25) is 5.91 Å². The standard InChI is InChI=1S/C19H32NO5PS.2Na/c1-4-5-6-7-8-12-19(21)20-18(14-25-26(22,23)24)16-10-9-11-17(13-16)27-15(2)3;;/h9-11,13,15,18H,4-8,12,14H2,1-3H3,(H,20,21)(H2,22,23,24);;/q;2*+1/p-2. The molecule has 0 aliphatic heterocycles. The summed E-state index contributed by atoms with van der Waals surface area (Å²) in [6, 6.07) is 6.80. The van der Waals surface area contributed by atoms with Crippen LogP contribution in [-0.4, -0.2) is 17.8 Å². The number of carbonyl (C=O) groups is 1. The maximum Gasteiger partial charge on any atom is 1.00 e. The molecule has 1 atom stereocenters. The fourth-order valence-electron chi connectivity index (χ4n) is 2.62. The number of hydrogen-bond donors (Lipinski definition) is 1. The van der Waals surface area contributed by atoms with Crippen LogP contribution in [0.2, 0.25) is 0 Å². The van der Waals surface area contributed by atoms with Gasteiger partial charge in [-0.05, 0) is 24.1 Å². The maximum absolute atomic E-state index is 12.2. The molecule has 29 heavy (non-hydrogen) atoms. The van der Waals surface area contributed by atoms with Crippen LogP contribution in [0.4, 0.5) is 0 Å². The van der Waals surface area contributed by atoms with E-state index < -0.39 is 20.5 Å². The number of hydrogen-bond acceptors (Lipinski definition) is 6. The first-order chi connectivity index (χ1) is 12.7. The SMILES string of the molecule is CCCCCCCC(=O)NC(COP(=O)([O-])[O-])c1cccc(SC(C)C)c1.[Na+].[Na+]. The van der Waals surface area contributed by atoms with Crippen LogP contribution in [0, 0.1) is 0 Å². The average molecular weight is 461 g/mol. The zero-order valence-corrected chi connectivity index (χ0v) is 24.0. The van der Waals surface area contributed by atoms with Crippen LogP contribution in [0.25, 0.3) is 0 Å². The molecule has 6 nitrogen and oxygen atoms in total. The minimum atomic E-state index is -5.11. The first kappa shape index (κ1) is 32.3. The summed E-state index contributed by atoms with van der Waals surface area (Å²) in [5.41, 5.74) is 0.716. The normalized spacial score (nSPS) is 12.1.